The quantitative estimate of drug-likeness (QED) is 0.319. The van der Waals surface area contributed by atoms with Crippen LogP contribution in [0.3, 0.4) is 0 Å². The van der Waals surface area contributed by atoms with Crippen LogP contribution in [0.15, 0.2) is 0 Å². The van der Waals surface area contributed by atoms with E-state index in [0.717, 1.165) is 13.0 Å². The summed E-state index contributed by atoms with van der Waals surface area (Å²) in [6.45, 7) is 4.04. The zero-order chi connectivity index (χ0) is 17.7. The summed E-state index contributed by atoms with van der Waals surface area (Å²) < 4.78 is 10.7. The molecule has 4 heteroatoms. The Balaban J connectivity index is 2.98. The average molecular weight is 347 g/mol. The molecule has 0 saturated heterocycles. The number of unbranched alkanes of at least 4 members (excludes halogenated alkanes) is 12. The molecular weight excluding hydrogens is 304 g/mol. The van der Waals surface area contributed by atoms with E-state index >= 15 is 0 Å². The molecule has 0 aromatic rings. The maximum absolute atomic E-state index is 9.08. The minimum Gasteiger partial charge on any atom is -0.394 e. The van der Waals surface area contributed by atoms with Gasteiger partial charge in [0.15, 0.2) is 0 Å². The van der Waals surface area contributed by atoms with Gasteiger partial charge in [0.25, 0.3) is 0 Å². The molecule has 4 nitrogen and oxygen atoms in total. The van der Waals surface area contributed by atoms with Gasteiger partial charge in [-0.3, -0.25) is 0 Å². The van der Waals surface area contributed by atoms with E-state index in [2.05, 4.69) is 6.92 Å². The molecule has 0 spiro atoms. The van der Waals surface area contributed by atoms with Crippen LogP contribution >= 0.6 is 0 Å². The molecule has 146 valence electrons. The number of rotatable bonds is 20. The summed E-state index contributed by atoms with van der Waals surface area (Å²) in [5, 5.41) is 17.7. The average Bonchev–Trinajstić information content (AvgIpc) is 2.60. The van der Waals surface area contributed by atoms with Gasteiger partial charge in [0, 0.05) is 6.61 Å². The fourth-order valence-electron chi connectivity index (χ4n) is 2.71. The van der Waals surface area contributed by atoms with Gasteiger partial charge >= 0.3 is 0 Å². The predicted octanol–water partition coefficient (Wildman–Crippen LogP) is 4.46. The lowest BCUT2D eigenvalue weighted by Gasteiger charge is -2.08. The van der Waals surface area contributed by atoms with Crippen LogP contribution in [0.2, 0.25) is 0 Å². The summed E-state index contributed by atoms with van der Waals surface area (Å²) in [6, 6.07) is 0. The molecule has 0 saturated carbocycles. The van der Waals surface area contributed by atoms with Crippen molar-refractivity contribution in [3.05, 3.63) is 0 Å². The van der Waals surface area contributed by atoms with Crippen molar-refractivity contribution in [3.63, 3.8) is 0 Å². The number of hydrogen-bond acceptors (Lipinski definition) is 4. The van der Waals surface area contributed by atoms with Crippen molar-refractivity contribution in [2.24, 2.45) is 0 Å². The van der Waals surface area contributed by atoms with E-state index < -0.39 is 6.10 Å². The fourth-order valence-corrected chi connectivity index (χ4v) is 2.71. The third-order valence-electron chi connectivity index (χ3n) is 4.29. The van der Waals surface area contributed by atoms with Gasteiger partial charge in [-0.25, -0.2) is 0 Å². The second kappa shape index (κ2) is 20.9. The molecule has 0 bridgehead atoms. The fraction of sp³-hybridized carbons (Fsp3) is 1.00. The van der Waals surface area contributed by atoms with E-state index in [0.29, 0.717) is 13.2 Å². The first-order valence-electron chi connectivity index (χ1n) is 10.3. The maximum atomic E-state index is 9.08. The maximum Gasteiger partial charge on any atom is 0.100 e. The molecule has 0 radical (unpaired) electrons. The van der Waals surface area contributed by atoms with Crippen LogP contribution in [0.25, 0.3) is 0 Å². The van der Waals surface area contributed by atoms with Crippen molar-refractivity contribution in [3.8, 4) is 0 Å². The van der Waals surface area contributed by atoms with Gasteiger partial charge in [-0.15, -0.1) is 0 Å². The lowest BCUT2D eigenvalue weighted by atomic mass is 10.0. The molecule has 0 aliphatic carbocycles. The largest absolute Gasteiger partial charge is 0.394 e. The summed E-state index contributed by atoms with van der Waals surface area (Å²) in [5.41, 5.74) is 0. The van der Waals surface area contributed by atoms with Crippen molar-refractivity contribution in [2.75, 3.05) is 33.0 Å². The molecule has 0 aliphatic heterocycles. The third-order valence-corrected chi connectivity index (χ3v) is 4.29. The van der Waals surface area contributed by atoms with E-state index in [-0.39, 0.29) is 13.2 Å². The highest BCUT2D eigenvalue weighted by atomic mass is 16.5. The SMILES string of the molecule is CCCCCCCCCCCCCCCOCCOCC(O)CO. The molecule has 0 aromatic heterocycles. The Morgan fingerprint density at radius 2 is 1.08 bits per heavy atom. The highest BCUT2D eigenvalue weighted by Gasteiger charge is 2.00. The van der Waals surface area contributed by atoms with Gasteiger partial charge in [0.05, 0.1) is 26.4 Å². The summed E-state index contributed by atoms with van der Waals surface area (Å²) in [7, 11) is 0. The molecule has 0 rings (SSSR count). The number of aliphatic hydroxyl groups excluding tert-OH is 2. The van der Waals surface area contributed by atoms with E-state index in [4.69, 9.17) is 19.7 Å². The number of hydrogen-bond donors (Lipinski definition) is 2. The summed E-state index contributed by atoms with van der Waals surface area (Å²) in [6.07, 6.45) is 16.9. The minimum absolute atomic E-state index is 0.179. The van der Waals surface area contributed by atoms with Crippen molar-refractivity contribution in [1.82, 2.24) is 0 Å². The smallest absolute Gasteiger partial charge is 0.100 e. The Kier molecular flexibility index (Phi) is 20.7. The molecule has 0 amide bonds. The van der Waals surface area contributed by atoms with Crippen LogP contribution in [-0.4, -0.2) is 49.4 Å². The van der Waals surface area contributed by atoms with Crippen molar-refractivity contribution < 1.29 is 19.7 Å². The molecule has 1 atom stereocenters. The topological polar surface area (TPSA) is 58.9 Å². The number of ether oxygens (including phenoxy) is 2. The highest BCUT2D eigenvalue weighted by molar-refractivity contribution is 4.50. The van der Waals surface area contributed by atoms with Crippen LogP contribution < -0.4 is 0 Å². The minimum atomic E-state index is -0.772. The van der Waals surface area contributed by atoms with Crippen molar-refractivity contribution in [1.29, 1.82) is 0 Å². The zero-order valence-corrected chi connectivity index (χ0v) is 16.0. The first-order valence-corrected chi connectivity index (χ1v) is 10.3. The molecule has 24 heavy (non-hydrogen) atoms. The lowest BCUT2D eigenvalue weighted by Crippen LogP contribution is -2.20. The Hall–Kier alpha value is -0.160. The Morgan fingerprint density at radius 3 is 1.58 bits per heavy atom. The molecule has 0 fully saturated rings. The molecule has 1 unspecified atom stereocenters. The number of aliphatic hydroxyl groups is 2. The Labute approximate surface area is 149 Å². The van der Waals surface area contributed by atoms with Crippen molar-refractivity contribution >= 4 is 0 Å². The second-order valence-corrected chi connectivity index (χ2v) is 6.77. The van der Waals surface area contributed by atoms with Gasteiger partial charge in [0.2, 0.25) is 0 Å². The second-order valence-electron chi connectivity index (χ2n) is 6.77. The molecule has 0 aliphatic rings. The van der Waals surface area contributed by atoms with Crippen LogP contribution in [0.4, 0.5) is 0 Å². The van der Waals surface area contributed by atoms with E-state index in [1.54, 1.807) is 0 Å². The van der Waals surface area contributed by atoms with Gasteiger partial charge in [-0.2, -0.15) is 0 Å². The van der Waals surface area contributed by atoms with Gasteiger partial charge in [0.1, 0.15) is 6.10 Å². The monoisotopic (exact) mass is 346 g/mol. The van der Waals surface area contributed by atoms with Crippen LogP contribution in [-0.2, 0) is 9.47 Å². The van der Waals surface area contributed by atoms with E-state index in [9.17, 15) is 0 Å². The zero-order valence-electron chi connectivity index (χ0n) is 16.0. The van der Waals surface area contributed by atoms with Crippen molar-refractivity contribution in [2.45, 2.75) is 96.5 Å². The van der Waals surface area contributed by atoms with Gasteiger partial charge in [-0.05, 0) is 6.42 Å². The molecule has 0 aromatic carbocycles. The summed E-state index contributed by atoms with van der Waals surface area (Å²) in [4.78, 5) is 0. The molecule has 2 N–H and O–H groups in total. The van der Waals surface area contributed by atoms with Crippen LogP contribution in [0, 0.1) is 0 Å². The Bertz CT molecular complexity index is 224. The Morgan fingerprint density at radius 1 is 0.625 bits per heavy atom. The summed E-state index contributed by atoms with van der Waals surface area (Å²) >= 11 is 0. The molecular formula is C20H42O4. The predicted molar refractivity (Wildman–Crippen MR) is 100 cm³/mol. The summed E-state index contributed by atoms with van der Waals surface area (Å²) in [5.74, 6) is 0. The highest BCUT2D eigenvalue weighted by Crippen LogP contribution is 2.12. The third kappa shape index (κ3) is 19.9. The lowest BCUT2D eigenvalue weighted by molar-refractivity contribution is -0.0150. The van der Waals surface area contributed by atoms with E-state index in [1.165, 1.54) is 77.0 Å². The first kappa shape index (κ1) is 23.8. The standard InChI is InChI=1S/C20H42O4/c1-2-3-4-5-6-7-8-9-10-11-12-13-14-15-23-16-17-24-19-20(22)18-21/h20-22H,2-19H2,1H3. The van der Waals surface area contributed by atoms with E-state index in [1.807, 2.05) is 0 Å². The molecule has 0 heterocycles. The van der Waals surface area contributed by atoms with Crippen LogP contribution in [0.5, 0.6) is 0 Å². The first-order chi connectivity index (χ1) is 11.8. The van der Waals surface area contributed by atoms with Crippen LogP contribution in [0.1, 0.15) is 90.4 Å². The van der Waals surface area contributed by atoms with Gasteiger partial charge in [-0.1, -0.05) is 84.0 Å². The normalized spacial score (nSPS) is 12.6. The van der Waals surface area contributed by atoms with Gasteiger partial charge < -0.3 is 19.7 Å².